The number of aliphatic hydroxyl groups is 2. The van der Waals surface area contributed by atoms with Crippen molar-refractivity contribution in [2.75, 3.05) is 18.9 Å². The van der Waals surface area contributed by atoms with E-state index in [1.54, 1.807) is 18.3 Å². The lowest BCUT2D eigenvalue weighted by Gasteiger charge is -2.43. The zero-order chi connectivity index (χ0) is 30.3. The second-order valence-corrected chi connectivity index (χ2v) is 11.2. The van der Waals surface area contributed by atoms with E-state index in [0.717, 1.165) is 22.3 Å². The molecule has 1 aliphatic heterocycles. The van der Waals surface area contributed by atoms with Crippen LogP contribution in [0.3, 0.4) is 0 Å². The van der Waals surface area contributed by atoms with Crippen LogP contribution in [0.1, 0.15) is 65.0 Å². The number of likely N-dealkylation sites (N-methyl/N-ethyl adjacent to an activating group) is 1. The van der Waals surface area contributed by atoms with Gasteiger partial charge in [0, 0.05) is 42.1 Å². The molecule has 4 aromatic rings. The van der Waals surface area contributed by atoms with Crippen molar-refractivity contribution in [2.45, 2.75) is 51.1 Å². The monoisotopic (exact) mass is 581 g/mol. The Kier molecular flexibility index (Phi) is 9.97. The molecule has 5 rings (SSSR count). The van der Waals surface area contributed by atoms with Crippen molar-refractivity contribution in [3.63, 3.8) is 0 Å². The average Bonchev–Trinajstić information content (AvgIpc) is 3.06. The van der Waals surface area contributed by atoms with Crippen LogP contribution in [0.25, 0.3) is 0 Å². The maximum Gasteiger partial charge on any atom is 0.257 e. The highest BCUT2D eigenvalue weighted by Gasteiger charge is 2.39. The molecule has 0 aliphatic carbocycles. The smallest absolute Gasteiger partial charge is 0.257 e. The summed E-state index contributed by atoms with van der Waals surface area (Å²) < 4.78 is 13.2. The average molecular weight is 582 g/mol. The van der Waals surface area contributed by atoms with E-state index in [-0.39, 0.29) is 36.7 Å². The molecule has 1 aliphatic rings. The van der Waals surface area contributed by atoms with Gasteiger partial charge in [-0.2, -0.15) is 0 Å². The van der Waals surface area contributed by atoms with Crippen molar-refractivity contribution in [3.05, 3.63) is 131 Å². The molecule has 0 bridgehead atoms. The van der Waals surface area contributed by atoms with E-state index in [2.05, 4.69) is 22.1 Å². The molecule has 43 heavy (non-hydrogen) atoms. The molecule has 0 unspecified atom stereocenters. The third-order valence-electron chi connectivity index (χ3n) is 8.23. The fraction of sp³-hybridized carbons (Fsp3) is 0.314. The topological polar surface area (TPSA) is 104 Å². The van der Waals surface area contributed by atoms with Crippen LogP contribution < -0.4 is 5.32 Å². The normalized spacial score (nSPS) is 21.7. The molecule has 1 saturated heterocycles. The van der Waals surface area contributed by atoms with Crippen LogP contribution in [0.5, 0.6) is 0 Å². The van der Waals surface area contributed by atoms with Crippen molar-refractivity contribution in [1.82, 2.24) is 9.88 Å². The van der Waals surface area contributed by atoms with Gasteiger partial charge in [-0.25, -0.2) is 0 Å². The van der Waals surface area contributed by atoms with E-state index in [9.17, 15) is 15.0 Å². The van der Waals surface area contributed by atoms with Crippen molar-refractivity contribution in [2.24, 2.45) is 5.92 Å². The summed E-state index contributed by atoms with van der Waals surface area (Å²) in [4.78, 5) is 18.9. The maximum atomic E-state index is 12.8. The summed E-state index contributed by atoms with van der Waals surface area (Å²) in [6.45, 7) is 4.66. The Balaban J connectivity index is 1.38. The number of pyridine rings is 1. The molecule has 1 amide bonds. The maximum absolute atomic E-state index is 12.8. The van der Waals surface area contributed by atoms with Crippen molar-refractivity contribution in [3.8, 4) is 0 Å². The van der Waals surface area contributed by atoms with Gasteiger partial charge in [-0.15, -0.1) is 0 Å². The first kappa shape index (κ1) is 30.5. The molecule has 0 saturated carbocycles. The number of nitrogens with zero attached hydrogens (tertiary/aromatic N) is 2. The van der Waals surface area contributed by atoms with Crippen LogP contribution in [-0.2, 0) is 16.1 Å². The number of benzene rings is 3. The second-order valence-electron chi connectivity index (χ2n) is 11.2. The van der Waals surface area contributed by atoms with Gasteiger partial charge in [-0.05, 0) is 54.9 Å². The molecule has 224 valence electrons. The Morgan fingerprint density at radius 2 is 1.74 bits per heavy atom. The minimum atomic E-state index is -0.693. The Morgan fingerprint density at radius 3 is 2.44 bits per heavy atom. The zero-order valence-corrected chi connectivity index (χ0v) is 24.7. The van der Waals surface area contributed by atoms with Gasteiger partial charge in [-0.1, -0.05) is 73.7 Å². The summed E-state index contributed by atoms with van der Waals surface area (Å²) in [6, 6.07) is 28.2. The predicted molar refractivity (Wildman–Crippen MR) is 165 cm³/mol. The summed E-state index contributed by atoms with van der Waals surface area (Å²) in [5.74, 6) is -0.273. The number of rotatable bonds is 10. The SMILES string of the molecule is C[C@H]1[C@@H](CN(C)[C@H](C)[C@@H](O)c2ccccc2)O[C@@H](c2cccc(NC(=O)c3cccnc3)c2)O[C@H]1c1ccc(CO)cc1. The lowest BCUT2D eigenvalue weighted by molar-refractivity contribution is -0.276. The minimum absolute atomic E-state index is 0.0202. The predicted octanol–water partition coefficient (Wildman–Crippen LogP) is 5.67. The van der Waals surface area contributed by atoms with E-state index in [4.69, 9.17) is 9.47 Å². The van der Waals surface area contributed by atoms with E-state index in [1.807, 2.05) is 92.8 Å². The second kappa shape index (κ2) is 14.0. The van der Waals surface area contributed by atoms with E-state index >= 15 is 0 Å². The van der Waals surface area contributed by atoms with Crippen LogP contribution in [0.2, 0.25) is 0 Å². The number of hydrogen-bond acceptors (Lipinski definition) is 7. The van der Waals surface area contributed by atoms with Crippen LogP contribution in [0.15, 0.2) is 103 Å². The van der Waals surface area contributed by atoms with E-state index in [0.29, 0.717) is 17.8 Å². The van der Waals surface area contributed by atoms with Crippen molar-refractivity contribution in [1.29, 1.82) is 0 Å². The lowest BCUT2D eigenvalue weighted by Crippen LogP contribution is -2.46. The van der Waals surface area contributed by atoms with Gasteiger partial charge >= 0.3 is 0 Å². The third kappa shape index (κ3) is 7.36. The van der Waals surface area contributed by atoms with Crippen molar-refractivity contribution >= 4 is 11.6 Å². The molecule has 1 fully saturated rings. The third-order valence-corrected chi connectivity index (χ3v) is 8.23. The van der Waals surface area contributed by atoms with Crippen LogP contribution >= 0.6 is 0 Å². The number of carbonyl (C=O) groups excluding carboxylic acids is 1. The summed E-state index contributed by atoms with van der Waals surface area (Å²) in [7, 11) is 2.00. The number of nitrogens with one attached hydrogen (secondary N) is 1. The van der Waals surface area contributed by atoms with Crippen LogP contribution in [0.4, 0.5) is 5.69 Å². The van der Waals surface area contributed by atoms with Crippen LogP contribution in [-0.4, -0.2) is 51.7 Å². The van der Waals surface area contributed by atoms with E-state index < -0.39 is 12.4 Å². The summed E-state index contributed by atoms with van der Waals surface area (Å²) >= 11 is 0. The van der Waals surface area contributed by atoms with Crippen molar-refractivity contribution < 1.29 is 24.5 Å². The first-order valence-corrected chi connectivity index (χ1v) is 14.6. The fourth-order valence-corrected chi connectivity index (χ4v) is 5.41. The van der Waals surface area contributed by atoms with Gasteiger partial charge in [-0.3, -0.25) is 14.7 Å². The molecule has 6 atom stereocenters. The number of hydrogen-bond donors (Lipinski definition) is 3. The Labute approximate surface area is 252 Å². The van der Waals surface area contributed by atoms with Gasteiger partial charge in [0.15, 0.2) is 6.29 Å². The minimum Gasteiger partial charge on any atom is -0.392 e. The number of anilines is 1. The highest BCUT2D eigenvalue weighted by molar-refractivity contribution is 6.04. The lowest BCUT2D eigenvalue weighted by atomic mass is 9.89. The van der Waals surface area contributed by atoms with Gasteiger partial charge in [0.2, 0.25) is 0 Å². The molecular weight excluding hydrogens is 542 g/mol. The molecule has 2 heterocycles. The fourth-order valence-electron chi connectivity index (χ4n) is 5.41. The molecule has 8 nitrogen and oxygen atoms in total. The first-order chi connectivity index (χ1) is 20.8. The quantitative estimate of drug-likeness (QED) is 0.222. The van der Waals surface area contributed by atoms with Gasteiger partial charge < -0.3 is 25.0 Å². The Bertz CT molecular complexity index is 1470. The number of amides is 1. The molecular formula is C35H39N3O5. The highest BCUT2D eigenvalue weighted by Crippen LogP contribution is 2.42. The number of aliphatic hydroxyl groups excluding tert-OH is 2. The van der Waals surface area contributed by atoms with E-state index in [1.165, 1.54) is 6.20 Å². The number of aromatic nitrogens is 1. The van der Waals surface area contributed by atoms with Gasteiger partial charge in [0.25, 0.3) is 5.91 Å². The first-order valence-electron chi connectivity index (χ1n) is 14.6. The highest BCUT2D eigenvalue weighted by atomic mass is 16.7. The summed E-state index contributed by atoms with van der Waals surface area (Å²) in [5.41, 5.74) is 4.55. The van der Waals surface area contributed by atoms with Crippen LogP contribution in [0, 0.1) is 5.92 Å². The van der Waals surface area contributed by atoms with Gasteiger partial charge in [0.1, 0.15) is 0 Å². The molecule has 1 aromatic heterocycles. The standard InChI is InChI=1S/C35H39N3O5/c1-23-31(21-38(3)24(2)32(40)26-9-5-4-6-10-26)42-35(43-33(23)27-16-14-25(22-39)15-17-27)28-11-7-13-30(19-28)37-34(41)29-12-8-18-36-20-29/h4-20,23-24,31-33,35,39-40H,21-22H2,1-3H3,(H,37,41)/t23-,24+,31+,32+,33+,35+/m0/s1. The molecule has 0 spiro atoms. The zero-order valence-electron chi connectivity index (χ0n) is 24.7. The molecule has 8 heteroatoms. The number of carbonyl (C=O) groups is 1. The largest absolute Gasteiger partial charge is 0.392 e. The summed E-state index contributed by atoms with van der Waals surface area (Å²) in [6.07, 6.45) is 1.29. The molecule has 3 N–H and O–H groups in total. The molecule has 0 radical (unpaired) electrons. The molecule has 3 aromatic carbocycles. The number of ether oxygens (including phenoxy) is 2. The Hall–Kier alpha value is -3.92. The Morgan fingerprint density at radius 1 is 0.977 bits per heavy atom. The summed E-state index contributed by atoms with van der Waals surface area (Å²) in [5, 5.41) is 23.6. The van der Waals surface area contributed by atoms with Gasteiger partial charge in [0.05, 0.1) is 30.5 Å².